The summed E-state index contributed by atoms with van der Waals surface area (Å²) in [4.78, 5) is 15.0. The quantitative estimate of drug-likeness (QED) is 0.749. The Morgan fingerprint density at radius 1 is 1.11 bits per heavy atom. The van der Waals surface area contributed by atoms with Crippen molar-refractivity contribution in [2.45, 2.75) is 32.2 Å². The third kappa shape index (κ3) is 4.86. The minimum atomic E-state index is -0.433. The smallest absolute Gasteiger partial charge is 0.246 e. The maximum Gasteiger partial charge on any atom is 0.246 e. The van der Waals surface area contributed by atoms with Crippen molar-refractivity contribution in [3.63, 3.8) is 0 Å². The molecular formula is C21H26ClN3O2. The lowest BCUT2D eigenvalue weighted by Crippen LogP contribution is -2.34. The molecule has 0 aliphatic carbocycles. The highest BCUT2D eigenvalue weighted by Gasteiger charge is 2.19. The Bertz CT molecular complexity index is 791. The Labute approximate surface area is 165 Å². The molecule has 1 aliphatic rings. The molecule has 0 saturated carbocycles. The Morgan fingerprint density at radius 3 is 2.59 bits per heavy atom. The van der Waals surface area contributed by atoms with Crippen molar-refractivity contribution in [1.29, 1.82) is 0 Å². The summed E-state index contributed by atoms with van der Waals surface area (Å²) in [6.07, 6.45) is 3.64. The van der Waals surface area contributed by atoms with Gasteiger partial charge in [0.1, 0.15) is 11.8 Å². The van der Waals surface area contributed by atoms with Crippen molar-refractivity contribution >= 4 is 34.6 Å². The fourth-order valence-corrected chi connectivity index (χ4v) is 3.49. The van der Waals surface area contributed by atoms with Crippen molar-refractivity contribution in [2.24, 2.45) is 0 Å². The fourth-order valence-electron chi connectivity index (χ4n) is 3.32. The number of hydrogen-bond acceptors (Lipinski definition) is 4. The first-order valence-corrected chi connectivity index (χ1v) is 9.71. The minimum absolute atomic E-state index is 0.135. The standard InChI is InChI=1S/C21H26ClN3O2/c1-15(21(26)24-17-8-4-5-9-20(17)27-2)23-18-14-16(22)10-11-19(18)25-12-6-3-7-13-25/h4-5,8-11,14-15,23H,3,6-7,12-13H2,1-2H3,(H,24,26)/t15-/m1/s1. The number of anilines is 3. The summed E-state index contributed by atoms with van der Waals surface area (Å²) in [6, 6.07) is 12.8. The summed E-state index contributed by atoms with van der Waals surface area (Å²) in [6.45, 7) is 3.89. The largest absolute Gasteiger partial charge is 0.495 e. The van der Waals surface area contributed by atoms with Crippen molar-refractivity contribution in [1.82, 2.24) is 0 Å². The number of nitrogens with one attached hydrogen (secondary N) is 2. The second-order valence-electron chi connectivity index (χ2n) is 6.76. The number of piperidine rings is 1. The number of benzene rings is 2. The van der Waals surface area contributed by atoms with Gasteiger partial charge in [0.15, 0.2) is 0 Å². The molecule has 2 aromatic carbocycles. The zero-order chi connectivity index (χ0) is 19.2. The van der Waals surface area contributed by atoms with E-state index in [-0.39, 0.29) is 5.91 Å². The van der Waals surface area contributed by atoms with Gasteiger partial charge in [0.05, 0.1) is 24.2 Å². The van der Waals surface area contributed by atoms with Crippen LogP contribution < -0.4 is 20.3 Å². The molecule has 6 heteroatoms. The molecular weight excluding hydrogens is 362 g/mol. The van der Waals surface area contributed by atoms with Crippen molar-refractivity contribution < 1.29 is 9.53 Å². The molecule has 27 heavy (non-hydrogen) atoms. The van der Waals surface area contributed by atoms with Crippen LogP contribution in [0.5, 0.6) is 5.75 Å². The highest BCUT2D eigenvalue weighted by molar-refractivity contribution is 6.31. The predicted molar refractivity (Wildman–Crippen MR) is 112 cm³/mol. The van der Waals surface area contributed by atoms with Gasteiger partial charge in [0, 0.05) is 18.1 Å². The molecule has 0 unspecified atom stereocenters. The Kier molecular flexibility index (Phi) is 6.45. The molecule has 3 rings (SSSR count). The molecule has 0 bridgehead atoms. The van der Waals surface area contributed by atoms with E-state index in [1.54, 1.807) is 7.11 Å². The van der Waals surface area contributed by atoms with Gasteiger partial charge in [-0.15, -0.1) is 0 Å². The van der Waals surface area contributed by atoms with Crippen LogP contribution in [0.2, 0.25) is 5.02 Å². The van der Waals surface area contributed by atoms with Crippen LogP contribution in [0, 0.1) is 0 Å². The maximum absolute atomic E-state index is 12.7. The van der Waals surface area contributed by atoms with E-state index in [9.17, 15) is 4.79 Å². The topological polar surface area (TPSA) is 53.6 Å². The first-order valence-electron chi connectivity index (χ1n) is 9.33. The first-order chi connectivity index (χ1) is 13.1. The van der Waals surface area contributed by atoms with E-state index in [0.29, 0.717) is 16.5 Å². The Balaban J connectivity index is 1.74. The van der Waals surface area contributed by atoms with Crippen LogP contribution in [0.1, 0.15) is 26.2 Å². The fraction of sp³-hybridized carbons (Fsp3) is 0.381. The molecule has 144 valence electrons. The van der Waals surface area contributed by atoms with Crippen LogP contribution in [0.3, 0.4) is 0 Å². The lowest BCUT2D eigenvalue weighted by molar-refractivity contribution is -0.116. The molecule has 1 saturated heterocycles. The van der Waals surface area contributed by atoms with Crippen LogP contribution in [-0.2, 0) is 4.79 Å². The average molecular weight is 388 g/mol. The lowest BCUT2D eigenvalue weighted by Gasteiger charge is -2.31. The number of para-hydroxylation sites is 2. The number of hydrogen-bond donors (Lipinski definition) is 2. The number of amides is 1. The summed E-state index contributed by atoms with van der Waals surface area (Å²) >= 11 is 6.21. The molecule has 0 radical (unpaired) electrons. The van der Waals surface area contributed by atoms with Crippen LogP contribution in [0.15, 0.2) is 42.5 Å². The highest BCUT2D eigenvalue weighted by atomic mass is 35.5. The highest BCUT2D eigenvalue weighted by Crippen LogP contribution is 2.32. The minimum Gasteiger partial charge on any atom is -0.495 e. The second kappa shape index (κ2) is 9.00. The summed E-state index contributed by atoms with van der Waals surface area (Å²) in [5.74, 6) is 0.499. The number of carbonyl (C=O) groups is 1. The lowest BCUT2D eigenvalue weighted by atomic mass is 10.1. The van der Waals surface area contributed by atoms with E-state index in [1.807, 2.05) is 49.4 Å². The van der Waals surface area contributed by atoms with Crippen LogP contribution in [0.25, 0.3) is 0 Å². The predicted octanol–water partition coefficient (Wildman–Crippen LogP) is 4.78. The van der Waals surface area contributed by atoms with Crippen LogP contribution in [-0.4, -0.2) is 32.1 Å². The van der Waals surface area contributed by atoms with Gasteiger partial charge in [0.25, 0.3) is 0 Å². The zero-order valence-electron chi connectivity index (χ0n) is 15.8. The van der Waals surface area contributed by atoms with E-state index in [1.165, 1.54) is 19.3 Å². The molecule has 1 atom stereocenters. The number of nitrogens with zero attached hydrogens (tertiary/aromatic N) is 1. The molecule has 1 fully saturated rings. The summed E-state index contributed by atoms with van der Waals surface area (Å²) in [7, 11) is 1.59. The summed E-state index contributed by atoms with van der Waals surface area (Å²) in [5, 5.41) is 6.90. The molecule has 2 N–H and O–H groups in total. The molecule has 1 aliphatic heterocycles. The molecule has 0 spiro atoms. The molecule has 0 aromatic heterocycles. The number of halogens is 1. The van der Waals surface area contributed by atoms with Gasteiger partial charge in [-0.25, -0.2) is 0 Å². The molecule has 5 nitrogen and oxygen atoms in total. The van der Waals surface area contributed by atoms with Gasteiger partial charge in [-0.1, -0.05) is 23.7 Å². The van der Waals surface area contributed by atoms with Crippen LogP contribution in [0.4, 0.5) is 17.1 Å². The van der Waals surface area contributed by atoms with Gasteiger partial charge >= 0.3 is 0 Å². The van der Waals surface area contributed by atoms with E-state index >= 15 is 0 Å². The third-order valence-corrected chi connectivity index (χ3v) is 5.02. The van der Waals surface area contributed by atoms with Crippen LogP contribution >= 0.6 is 11.6 Å². The van der Waals surface area contributed by atoms with Gasteiger partial charge in [0.2, 0.25) is 5.91 Å². The number of ether oxygens (including phenoxy) is 1. The van der Waals surface area contributed by atoms with Gasteiger partial charge in [-0.05, 0) is 56.5 Å². The van der Waals surface area contributed by atoms with E-state index in [2.05, 4.69) is 15.5 Å². The van der Waals surface area contributed by atoms with Gasteiger partial charge < -0.3 is 20.3 Å². The second-order valence-corrected chi connectivity index (χ2v) is 7.20. The third-order valence-electron chi connectivity index (χ3n) is 4.79. The molecule has 2 aromatic rings. The maximum atomic E-state index is 12.7. The van der Waals surface area contributed by atoms with Crippen molar-refractivity contribution in [2.75, 3.05) is 35.7 Å². The number of methoxy groups -OCH3 is 1. The molecule has 1 heterocycles. The zero-order valence-corrected chi connectivity index (χ0v) is 16.6. The van der Waals surface area contributed by atoms with Gasteiger partial charge in [-0.3, -0.25) is 4.79 Å². The number of rotatable bonds is 6. The normalized spacial score (nSPS) is 15.1. The SMILES string of the molecule is COc1ccccc1NC(=O)[C@@H](C)Nc1cc(Cl)ccc1N1CCCCC1. The summed E-state index contributed by atoms with van der Waals surface area (Å²) in [5.41, 5.74) is 2.63. The average Bonchev–Trinajstić information content (AvgIpc) is 2.69. The van der Waals surface area contributed by atoms with E-state index < -0.39 is 6.04 Å². The monoisotopic (exact) mass is 387 g/mol. The van der Waals surface area contributed by atoms with Gasteiger partial charge in [-0.2, -0.15) is 0 Å². The first kappa shape index (κ1) is 19.4. The Hall–Kier alpha value is -2.40. The van der Waals surface area contributed by atoms with E-state index in [4.69, 9.17) is 16.3 Å². The molecule has 1 amide bonds. The van der Waals surface area contributed by atoms with Crippen molar-refractivity contribution in [3.05, 3.63) is 47.5 Å². The Morgan fingerprint density at radius 2 is 1.85 bits per heavy atom. The summed E-state index contributed by atoms with van der Waals surface area (Å²) < 4.78 is 5.30. The van der Waals surface area contributed by atoms with Crippen molar-refractivity contribution in [3.8, 4) is 5.75 Å². The van der Waals surface area contributed by atoms with E-state index in [0.717, 1.165) is 24.5 Å². The number of carbonyl (C=O) groups excluding carboxylic acids is 1.